The molecule has 0 fully saturated rings. The highest BCUT2D eigenvalue weighted by molar-refractivity contribution is 6.55. The van der Waals surface area contributed by atoms with E-state index in [2.05, 4.69) is 13.8 Å². The van der Waals surface area contributed by atoms with Crippen molar-refractivity contribution in [2.45, 2.75) is 31.0 Å². The number of hydrogen-bond donors (Lipinski definition) is 0. The predicted octanol–water partition coefficient (Wildman–Crippen LogP) is 4.19. The molecule has 0 aliphatic carbocycles. The third kappa shape index (κ3) is 3.22. The molecule has 1 aromatic carbocycles. The van der Waals surface area contributed by atoms with Crippen LogP contribution in [0.1, 0.15) is 42.1 Å². The molecule has 1 unspecified atom stereocenters. The van der Waals surface area contributed by atoms with E-state index >= 15 is 0 Å². The van der Waals surface area contributed by atoms with Crippen molar-refractivity contribution in [1.82, 2.24) is 0 Å². The molecule has 0 saturated heterocycles. The standard InChI is InChI=1S/C12H14Cl2O/c1-3-8(2)9-4-6-10(7-5-9)11(15)12(13)14/h4-8,12H,3H2,1-2H3. The first-order valence-electron chi connectivity index (χ1n) is 4.98. The average Bonchev–Trinajstić information content (AvgIpc) is 2.27. The Balaban J connectivity index is 2.85. The normalized spacial score (nSPS) is 12.9. The van der Waals surface area contributed by atoms with Crippen LogP contribution in [0.3, 0.4) is 0 Å². The van der Waals surface area contributed by atoms with Crippen molar-refractivity contribution in [2.24, 2.45) is 0 Å². The molecule has 0 heterocycles. The van der Waals surface area contributed by atoms with Gasteiger partial charge in [0.05, 0.1) is 0 Å². The number of carbonyl (C=O) groups is 1. The maximum atomic E-state index is 11.4. The van der Waals surface area contributed by atoms with Crippen LogP contribution in [0.5, 0.6) is 0 Å². The smallest absolute Gasteiger partial charge is 0.195 e. The summed E-state index contributed by atoms with van der Waals surface area (Å²) in [5.74, 6) is 0.269. The van der Waals surface area contributed by atoms with E-state index < -0.39 is 4.84 Å². The second-order valence-corrected chi connectivity index (χ2v) is 4.69. The van der Waals surface area contributed by atoms with Gasteiger partial charge in [-0.1, -0.05) is 61.3 Å². The minimum Gasteiger partial charge on any atom is -0.291 e. The summed E-state index contributed by atoms with van der Waals surface area (Å²) in [6.07, 6.45) is 1.08. The Morgan fingerprint density at radius 2 is 1.80 bits per heavy atom. The SMILES string of the molecule is CCC(C)c1ccc(C(=O)C(Cl)Cl)cc1. The van der Waals surface area contributed by atoms with E-state index in [1.165, 1.54) is 5.56 Å². The predicted molar refractivity (Wildman–Crippen MR) is 65.0 cm³/mol. The fourth-order valence-corrected chi connectivity index (χ4v) is 1.59. The Morgan fingerprint density at radius 3 is 2.20 bits per heavy atom. The van der Waals surface area contributed by atoms with Crippen LogP contribution < -0.4 is 0 Å². The molecule has 15 heavy (non-hydrogen) atoms. The van der Waals surface area contributed by atoms with Crippen molar-refractivity contribution in [3.8, 4) is 0 Å². The molecule has 1 atom stereocenters. The lowest BCUT2D eigenvalue weighted by Gasteiger charge is -2.09. The van der Waals surface area contributed by atoms with Gasteiger partial charge < -0.3 is 0 Å². The minimum atomic E-state index is -0.973. The third-order valence-electron chi connectivity index (χ3n) is 2.57. The molecule has 3 heteroatoms. The number of ketones is 1. The van der Waals surface area contributed by atoms with Crippen LogP contribution in [0.15, 0.2) is 24.3 Å². The average molecular weight is 245 g/mol. The van der Waals surface area contributed by atoms with Crippen molar-refractivity contribution in [1.29, 1.82) is 0 Å². The lowest BCUT2D eigenvalue weighted by atomic mass is 9.97. The Kier molecular flexibility index (Phi) is 4.62. The number of hydrogen-bond acceptors (Lipinski definition) is 1. The highest BCUT2D eigenvalue weighted by atomic mass is 35.5. The van der Waals surface area contributed by atoms with Crippen molar-refractivity contribution in [2.75, 3.05) is 0 Å². The van der Waals surface area contributed by atoms with E-state index in [0.29, 0.717) is 11.5 Å². The summed E-state index contributed by atoms with van der Waals surface area (Å²) in [5, 5.41) is 0. The van der Waals surface area contributed by atoms with Crippen LogP contribution in [0.25, 0.3) is 0 Å². The van der Waals surface area contributed by atoms with Gasteiger partial charge in [0.2, 0.25) is 0 Å². The summed E-state index contributed by atoms with van der Waals surface area (Å²) in [6.45, 7) is 4.29. The molecule has 0 amide bonds. The van der Waals surface area contributed by atoms with Crippen LogP contribution in [-0.4, -0.2) is 10.6 Å². The lowest BCUT2D eigenvalue weighted by molar-refractivity contribution is 0.101. The molecule has 0 saturated carbocycles. The quantitative estimate of drug-likeness (QED) is 0.574. The first-order valence-corrected chi connectivity index (χ1v) is 5.85. The number of benzene rings is 1. The van der Waals surface area contributed by atoms with Gasteiger partial charge in [-0.15, -0.1) is 0 Å². The summed E-state index contributed by atoms with van der Waals surface area (Å²) in [4.78, 5) is 10.5. The third-order valence-corrected chi connectivity index (χ3v) is 2.97. The maximum Gasteiger partial charge on any atom is 0.195 e. The van der Waals surface area contributed by atoms with E-state index in [1.54, 1.807) is 12.1 Å². The van der Waals surface area contributed by atoms with Crippen LogP contribution in [0.4, 0.5) is 0 Å². The molecular formula is C12H14Cl2O. The van der Waals surface area contributed by atoms with E-state index in [0.717, 1.165) is 6.42 Å². The number of carbonyl (C=O) groups excluding carboxylic acids is 1. The summed E-state index contributed by atoms with van der Waals surface area (Å²) >= 11 is 11.0. The Hall–Kier alpha value is -0.530. The number of rotatable bonds is 4. The van der Waals surface area contributed by atoms with Gasteiger partial charge in [0.25, 0.3) is 0 Å². The number of alkyl halides is 2. The Bertz CT molecular complexity index is 330. The Morgan fingerprint density at radius 1 is 1.27 bits per heavy atom. The molecule has 1 nitrogen and oxygen atoms in total. The zero-order valence-corrected chi connectivity index (χ0v) is 10.3. The molecule has 0 aliphatic rings. The van der Waals surface area contributed by atoms with Gasteiger partial charge in [0, 0.05) is 5.56 Å². The first-order chi connectivity index (χ1) is 7.06. The summed E-state index contributed by atoms with van der Waals surface area (Å²) < 4.78 is 0. The van der Waals surface area contributed by atoms with Crippen LogP contribution in [0.2, 0.25) is 0 Å². The molecule has 0 N–H and O–H groups in total. The topological polar surface area (TPSA) is 17.1 Å². The number of Topliss-reactive ketones (excluding diaryl/α,β-unsaturated/α-hetero) is 1. The molecule has 0 spiro atoms. The summed E-state index contributed by atoms with van der Waals surface area (Å²) in [7, 11) is 0. The molecule has 1 rings (SSSR count). The Labute approximate surface area is 100 Å². The fourth-order valence-electron chi connectivity index (χ4n) is 1.34. The largest absolute Gasteiger partial charge is 0.291 e. The highest BCUT2D eigenvalue weighted by Gasteiger charge is 2.14. The zero-order valence-electron chi connectivity index (χ0n) is 8.84. The van der Waals surface area contributed by atoms with Gasteiger partial charge in [-0.3, -0.25) is 4.79 Å². The van der Waals surface area contributed by atoms with Crippen LogP contribution in [0, 0.1) is 0 Å². The van der Waals surface area contributed by atoms with Gasteiger partial charge in [-0.05, 0) is 17.9 Å². The van der Waals surface area contributed by atoms with E-state index in [-0.39, 0.29) is 5.78 Å². The van der Waals surface area contributed by atoms with Gasteiger partial charge in [0.15, 0.2) is 10.6 Å². The van der Waals surface area contributed by atoms with Gasteiger partial charge >= 0.3 is 0 Å². The van der Waals surface area contributed by atoms with Crippen LogP contribution in [-0.2, 0) is 0 Å². The zero-order chi connectivity index (χ0) is 11.4. The maximum absolute atomic E-state index is 11.4. The summed E-state index contributed by atoms with van der Waals surface area (Å²) in [6, 6.07) is 7.47. The molecule has 0 radical (unpaired) electrons. The second kappa shape index (κ2) is 5.53. The van der Waals surface area contributed by atoms with Crippen molar-refractivity contribution in [3.63, 3.8) is 0 Å². The van der Waals surface area contributed by atoms with E-state index in [4.69, 9.17) is 23.2 Å². The van der Waals surface area contributed by atoms with E-state index in [1.807, 2.05) is 12.1 Å². The molecular weight excluding hydrogens is 231 g/mol. The van der Waals surface area contributed by atoms with Gasteiger partial charge in [-0.2, -0.15) is 0 Å². The van der Waals surface area contributed by atoms with Crippen molar-refractivity contribution in [3.05, 3.63) is 35.4 Å². The first kappa shape index (κ1) is 12.5. The van der Waals surface area contributed by atoms with Gasteiger partial charge in [0.1, 0.15) is 0 Å². The van der Waals surface area contributed by atoms with Crippen molar-refractivity contribution >= 4 is 29.0 Å². The molecule has 0 bridgehead atoms. The van der Waals surface area contributed by atoms with Crippen molar-refractivity contribution < 1.29 is 4.79 Å². The molecule has 0 aliphatic heterocycles. The number of halogens is 2. The summed E-state index contributed by atoms with van der Waals surface area (Å²) in [5.41, 5.74) is 1.80. The molecule has 82 valence electrons. The monoisotopic (exact) mass is 244 g/mol. The fraction of sp³-hybridized carbons (Fsp3) is 0.417. The molecule has 0 aromatic heterocycles. The lowest BCUT2D eigenvalue weighted by Crippen LogP contribution is -2.08. The highest BCUT2D eigenvalue weighted by Crippen LogP contribution is 2.20. The van der Waals surface area contributed by atoms with Crippen LogP contribution >= 0.6 is 23.2 Å². The second-order valence-electron chi connectivity index (χ2n) is 3.60. The van der Waals surface area contributed by atoms with E-state index in [9.17, 15) is 4.79 Å². The minimum absolute atomic E-state index is 0.242. The van der Waals surface area contributed by atoms with Gasteiger partial charge in [-0.25, -0.2) is 0 Å². The molecule has 1 aromatic rings.